The molecule has 0 saturated heterocycles. The number of hydrogen-bond acceptors (Lipinski definition) is 6. The average Bonchev–Trinajstić information content (AvgIpc) is 3.36. The summed E-state index contributed by atoms with van der Waals surface area (Å²) in [5.74, 6) is -0.915. The highest BCUT2D eigenvalue weighted by Gasteiger charge is 2.31. The van der Waals surface area contributed by atoms with E-state index in [1.807, 2.05) is 44.3 Å². The Hall–Kier alpha value is -3.81. The van der Waals surface area contributed by atoms with E-state index in [1.54, 1.807) is 19.2 Å². The highest BCUT2D eigenvalue weighted by Crippen LogP contribution is 2.40. The number of H-pyrrole nitrogens is 1. The van der Waals surface area contributed by atoms with Crippen LogP contribution in [0.4, 0.5) is 0 Å². The summed E-state index contributed by atoms with van der Waals surface area (Å²) in [4.78, 5) is 40.6. The van der Waals surface area contributed by atoms with Gasteiger partial charge in [0.2, 0.25) is 5.91 Å². The van der Waals surface area contributed by atoms with Crippen molar-refractivity contribution in [1.29, 1.82) is 0 Å². The Labute approximate surface area is 230 Å². The second kappa shape index (κ2) is 13.8. The molecule has 0 fully saturated rings. The summed E-state index contributed by atoms with van der Waals surface area (Å²) < 4.78 is 16.3. The van der Waals surface area contributed by atoms with Gasteiger partial charge in [0, 0.05) is 42.0 Å². The van der Waals surface area contributed by atoms with Crippen molar-refractivity contribution in [3.63, 3.8) is 0 Å². The lowest BCUT2D eigenvalue weighted by Crippen LogP contribution is -2.35. The van der Waals surface area contributed by atoms with E-state index in [9.17, 15) is 14.4 Å². The lowest BCUT2D eigenvalue weighted by molar-refractivity contribution is -0.152. The van der Waals surface area contributed by atoms with Crippen molar-refractivity contribution in [3.8, 4) is 5.75 Å². The molecule has 0 aliphatic heterocycles. The van der Waals surface area contributed by atoms with Gasteiger partial charge in [0.1, 0.15) is 11.9 Å². The summed E-state index contributed by atoms with van der Waals surface area (Å²) in [6.45, 7) is 7.98. The maximum atomic E-state index is 13.0. The molecular weight excluding hydrogens is 496 g/mol. The first-order valence-corrected chi connectivity index (χ1v) is 13.6. The number of carbonyl (C=O) groups is 3. The number of carbonyl (C=O) groups excluding carboxylic acids is 3. The third-order valence-corrected chi connectivity index (χ3v) is 7.03. The van der Waals surface area contributed by atoms with Crippen molar-refractivity contribution in [2.45, 2.75) is 65.4 Å². The van der Waals surface area contributed by atoms with Gasteiger partial charge in [-0.2, -0.15) is 0 Å². The lowest BCUT2D eigenvalue weighted by atomic mass is 9.85. The van der Waals surface area contributed by atoms with Gasteiger partial charge in [0.15, 0.2) is 0 Å². The Balaban J connectivity index is 2.12. The van der Waals surface area contributed by atoms with E-state index in [-0.39, 0.29) is 11.8 Å². The summed E-state index contributed by atoms with van der Waals surface area (Å²) in [6, 6.07) is 11.3. The number of amides is 1. The van der Waals surface area contributed by atoms with Crippen molar-refractivity contribution in [2.24, 2.45) is 5.92 Å². The molecule has 3 unspecified atom stereocenters. The van der Waals surface area contributed by atoms with Crippen LogP contribution in [0.2, 0.25) is 0 Å². The Morgan fingerprint density at radius 1 is 0.974 bits per heavy atom. The minimum atomic E-state index is -0.713. The number of ether oxygens (including phenoxy) is 3. The van der Waals surface area contributed by atoms with Crippen LogP contribution >= 0.6 is 0 Å². The molecule has 0 saturated carbocycles. The van der Waals surface area contributed by atoms with E-state index in [0.29, 0.717) is 24.3 Å². The van der Waals surface area contributed by atoms with E-state index in [0.717, 1.165) is 46.9 Å². The molecule has 8 nitrogen and oxygen atoms in total. The number of rotatable bonds is 13. The van der Waals surface area contributed by atoms with Crippen LogP contribution < -0.4 is 10.1 Å². The number of aromatic amines is 1. The molecule has 210 valence electrons. The monoisotopic (exact) mass is 536 g/mol. The zero-order chi connectivity index (χ0) is 28.5. The van der Waals surface area contributed by atoms with E-state index in [2.05, 4.69) is 17.2 Å². The fourth-order valence-electron chi connectivity index (χ4n) is 5.11. The quantitative estimate of drug-likeness (QED) is 0.258. The maximum Gasteiger partial charge on any atom is 0.337 e. The molecule has 0 radical (unpaired) electrons. The zero-order valence-electron chi connectivity index (χ0n) is 23.8. The summed E-state index contributed by atoms with van der Waals surface area (Å²) in [7, 11) is 2.94. The number of benzene rings is 2. The molecule has 2 aromatic carbocycles. The number of fused-ring (bicyclic) bond motifs is 1. The lowest BCUT2D eigenvalue weighted by Gasteiger charge is -2.26. The fraction of sp³-hybridized carbons (Fsp3) is 0.452. The minimum absolute atomic E-state index is 0.0253. The van der Waals surface area contributed by atoms with Gasteiger partial charge in [-0.05, 0) is 54.7 Å². The minimum Gasteiger partial charge on any atom is -0.496 e. The third-order valence-electron chi connectivity index (χ3n) is 7.03. The van der Waals surface area contributed by atoms with Crippen LogP contribution in [0, 0.1) is 5.92 Å². The predicted octanol–water partition coefficient (Wildman–Crippen LogP) is 6.05. The molecule has 3 rings (SSSR count). The second-order valence-corrected chi connectivity index (χ2v) is 9.67. The first-order valence-electron chi connectivity index (χ1n) is 13.6. The first-order chi connectivity index (χ1) is 18.8. The van der Waals surface area contributed by atoms with Crippen LogP contribution in [0.15, 0.2) is 42.6 Å². The predicted molar refractivity (Wildman–Crippen MR) is 151 cm³/mol. The highest BCUT2D eigenvalue weighted by molar-refractivity contribution is 5.90. The molecule has 0 spiro atoms. The van der Waals surface area contributed by atoms with Crippen LogP contribution in [0.25, 0.3) is 10.9 Å². The number of esters is 2. The molecule has 3 aromatic rings. The summed E-state index contributed by atoms with van der Waals surface area (Å²) in [6.07, 6.45) is 4.39. The van der Waals surface area contributed by atoms with Crippen molar-refractivity contribution in [3.05, 3.63) is 64.8 Å². The molecule has 3 atom stereocenters. The highest BCUT2D eigenvalue weighted by atomic mass is 16.5. The van der Waals surface area contributed by atoms with E-state index in [1.165, 1.54) is 14.0 Å². The topological polar surface area (TPSA) is 107 Å². The van der Waals surface area contributed by atoms with Crippen molar-refractivity contribution in [1.82, 2.24) is 10.3 Å². The molecule has 1 aromatic heterocycles. The molecular formula is C31H40N2O6. The SMILES string of the molecule is CCCNC(=O)C(CC)C(OC(C)=O)c1ccc2[nH]cc(C(CCC)c3ccc(C(=O)OC)cc3OC)c2c1. The maximum absolute atomic E-state index is 13.0. The van der Waals surface area contributed by atoms with Gasteiger partial charge in [0.25, 0.3) is 0 Å². The Kier molecular flexibility index (Phi) is 10.5. The number of hydrogen-bond donors (Lipinski definition) is 2. The molecule has 2 N–H and O–H groups in total. The van der Waals surface area contributed by atoms with E-state index in [4.69, 9.17) is 14.2 Å². The van der Waals surface area contributed by atoms with Crippen molar-refractivity contribution >= 4 is 28.7 Å². The Bertz CT molecular complexity index is 1300. The molecule has 0 aliphatic rings. The summed E-state index contributed by atoms with van der Waals surface area (Å²) >= 11 is 0. The molecule has 39 heavy (non-hydrogen) atoms. The summed E-state index contributed by atoms with van der Waals surface area (Å²) in [5, 5.41) is 3.93. The van der Waals surface area contributed by atoms with Crippen molar-refractivity contribution < 1.29 is 28.6 Å². The zero-order valence-corrected chi connectivity index (χ0v) is 23.8. The van der Waals surface area contributed by atoms with Gasteiger partial charge in [-0.3, -0.25) is 9.59 Å². The van der Waals surface area contributed by atoms with Gasteiger partial charge in [-0.25, -0.2) is 4.79 Å². The number of methoxy groups -OCH3 is 2. The van der Waals surface area contributed by atoms with Gasteiger partial charge < -0.3 is 24.5 Å². The van der Waals surface area contributed by atoms with E-state index >= 15 is 0 Å². The standard InChI is InChI=1S/C31H40N2O6/c1-7-10-23(24-13-11-21(31(36)38-6)17-28(24)37-5)26-18-33-27-14-12-20(16-25(26)27)29(39-19(4)34)22(9-3)30(35)32-15-8-2/h11-14,16-18,22-23,29,33H,7-10,15H2,1-6H3,(H,32,35). The van der Waals surface area contributed by atoms with Crippen LogP contribution in [0.3, 0.4) is 0 Å². The molecule has 8 heteroatoms. The third kappa shape index (κ3) is 6.80. The van der Waals surface area contributed by atoms with Gasteiger partial charge in [0.05, 0.1) is 25.7 Å². The van der Waals surface area contributed by atoms with Crippen LogP contribution in [-0.2, 0) is 19.1 Å². The largest absolute Gasteiger partial charge is 0.496 e. The number of aromatic nitrogens is 1. The average molecular weight is 537 g/mol. The summed E-state index contributed by atoms with van der Waals surface area (Å²) in [5.41, 5.74) is 4.14. The molecule has 1 amide bonds. The second-order valence-electron chi connectivity index (χ2n) is 9.67. The first kappa shape index (κ1) is 29.7. The van der Waals surface area contributed by atoms with Crippen LogP contribution in [0.1, 0.15) is 92.4 Å². The fourth-order valence-corrected chi connectivity index (χ4v) is 5.11. The van der Waals surface area contributed by atoms with Gasteiger partial charge in [-0.1, -0.05) is 39.3 Å². The number of nitrogens with one attached hydrogen (secondary N) is 2. The van der Waals surface area contributed by atoms with E-state index < -0.39 is 24.0 Å². The van der Waals surface area contributed by atoms with Gasteiger partial charge >= 0.3 is 11.9 Å². The van der Waals surface area contributed by atoms with Crippen molar-refractivity contribution in [2.75, 3.05) is 20.8 Å². The molecule has 0 aliphatic carbocycles. The molecule has 1 heterocycles. The normalized spacial score (nSPS) is 13.4. The smallest absolute Gasteiger partial charge is 0.337 e. The Morgan fingerprint density at radius 2 is 1.74 bits per heavy atom. The molecule has 0 bridgehead atoms. The van der Waals surface area contributed by atoms with Crippen LogP contribution in [-0.4, -0.2) is 43.6 Å². The van der Waals surface area contributed by atoms with Crippen LogP contribution in [0.5, 0.6) is 5.75 Å². The van der Waals surface area contributed by atoms with Gasteiger partial charge in [-0.15, -0.1) is 0 Å². The Morgan fingerprint density at radius 3 is 2.36 bits per heavy atom.